The molecule has 2 N–H and O–H groups in total. The summed E-state index contributed by atoms with van der Waals surface area (Å²) in [6.07, 6.45) is 8.29. The van der Waals surface area contributed by atoms with E-state index in [0.29, 0.717) is 0 Å². The van der Waals surface area contributed by atoms with Crippen LogP contribution >= 0.6 is 0 Å². The minimum atomic E-state index is 0.256. The van der Waals surface area contributed by atoms with Crippen molar-refractivity contribution in [1.82, 2.24) is 10.6 Å². The molecular formula is C13H24N2O. The third-order valence-corrected chi connectivity index (χ3v) is 3.75. The van der Waals surface area contributed by atoms with Crippen molar-refractivity contribution in [3.8, 4) is 0 Å². The lowest BCUT2D eigenvalue weighted by Gasteiger charge is -2.22. The van der Waals surface area contributed by atoms with Gasteiger partial charge in [0, 0.05) is 13.0 Å². The molecule has 3 heteroatoms. The molecular weight excluding hydrogens is 200 g/mol. The van der Waals surface area contributed by atoms with Gasteiger partial charge in [-0.3, -0.25) is 4.79 Å². The van der Waals surface area contributed by atoms with Gasteiger partial charge in [0.15, 0.2) is 0 Å². The first-order valence-electron chi connectivity index (χ1n) is 6.82. The zero-order valence-corrected chi connectivity index (χ0v) is 10.1. The number of hydrogen-bond acceptors (Lipinski definition) is 2. The van der Waals surface area contributed by atoms with Crippen LogP contribution < -0.4 is 10.6 Å². The van der Waals surface area contributed by atoms with Crippen LogP contribution in [-0.2, 0) is 4.79 Å². The van der Waals surface area contributed by atoms with E-state index in [4.69, 9.17) is 0 Å². The van der Waals surface area contributed by atoms with E-state index in [1.807, 2.05) is 0 Å². The molecule has 1 atom stereocenters. The number of piperidine rings is 1. The van der Waals surface area contributed by atoms with E-state index in [-0.39, 0.29) is 5.91 Å². The summed E-state index contributed by atoms with van der Waals surface area (Å²) in [6, 6.07) is 0. The highest BCUT2D eigenvalue weighted by atomic mass is 16.1. The number of carbonyl (C=O) groups excluding carboxylic acids is 1. The summed E-state index contributed by atoms with van der Waals surface area (Å²) in [5.74, 6) is 1.90. The van der Waals surface area contributed by atoms with E-state index >= 15 is 0 Å². The smallest absolute Gasteiger partial charge is 0.220 e. The Morgan fingerprint density at radius 1 is 1.19 bits per heavy atom. The molecule has 2 aliphatic rings. The van der Waals surface area contributed by atoms with Crippen LogP contribution in [0, 0.1) is 11.8 Å². The fourth-order valence-electron chi connectivity index (χ4n) is 2.42. The largest absolute Gasteiger partial charge is 0.356 e. The molecule has 0 aromatic rings. The molecule has 0 aromatic heterocycles. The quantitative estimate of drug-likeness (QED) is 0.721. The van der Waals surface area contributed by atoms with Crippen molar-refractivity contribution in [3.05, 3.63) is 0 Å². The second-order valence-electron chi connectivity index (χ2n) is 5.33. The Kier molecular flexibility index (Phi) is 4.64. The number of nitrogens with one attached hydrogen (secondary N) is 2. The number of amides is 1. The summed E-state index contributed by atoms with van der Waals surface area (Å²) < 4.78 is 0. The van der Waals surface area contributed by atoms with Gasteiger partial charge in [0.2, 0.25) is 5.91 Å². The maximum absolute atomic E-state index is 11.6. The van der Waals surface area contributed by atoms with Gasteiger partial charge in [-0.2, -0.15) is 0 Å². The van der Waals surface area contributed by atoms with Crippen LogP contribution in [-0.4, -0.2) is 25.5 Å². The van der Waals surface area contributed by atoms with Gasteiger partial charge in [-0.15, -0.1) is 0 Å². The third kappa shape index (κ3) is 4.52. The standard InChI is InChI=1S/C13H24N2O/c16-13(15-9-7-11-3-4-11)6-5-12-2-1-8-14-10-12/h11-12,14H,1-10H2,(H,15,16). The lowest BCUT2D eigenvalue weighted by atomic mass is 9.94. The highest BCUT2D eigenvalue weighted by Gasteiger charge is 2.20. The van der Waals surface area contributed by atoms with E-state index in [2.05, 4.69) is 10.6 Å². The van der Waals surface area contributed by atoms with Crippen molar-refractivity contribution in [2.45, 2.75) is 44.9 Å². The molecule has 3 nitrogen and oxygen atoms in total. The first-order valence-corrected chi connectivity index (χ1v) is 6.82. The van der Waals surface area contributed by atoms with Gasteiger partial charge in [0.05, 0.1) is 0 Å². The Balaban J connectivity index is 1.48. The number of rotatable bonds is 6. The Hall–Kier alpha value is -0.570. The molecule has 1 aliphatic heterocycles. The Labute approximate surface area is 98.4 Å². The summed E-state index contributed by atoms with van der Waals surface area (Å²) in [7, 11) is 0. The lowest BCUT2D eigenvalue weighted by molar-refractivity contribution is -0.121. The van der Waals surface area contributed by atoms with Crippen molar-refractivity contribution in [2.24, 2.45) is 11.8 Å². The second kappa shape index (κ2) is 6.24. The molecule has 1 aliphatic carbocycles. The van der Waals surface area contributed by atoms with Crippen LogP contribution in [0.15, 0.2) is 0 Å². The molecule has 1 unspecified atom stereocenters. The fraction of sp³-hybridized carbons (Fsp3) is 0.923. The molecule has 0 spiro atoms. The highest BCUT2D eigenvalue weighted by Crippen LogP contribution is 2.31. The molecule has 2 fully saturated rings. The van der Waals surface area contributed by atoms with Crippen molar-refractivity contribution in [3.63, 3.8) is 0 Å². The average molecular weight is 224 g/mol. The van der Waals surface area contributed by atoms with Gasteiger partial charge < -0.3 is 10.6 Å². The maximum Gasteiger partial charge on any atom is 0.220 e. The zero-order valence-electron chi connectivity index (χ0n) is 10.1. The third-order valence-electron chi connectivity index (χ3n) is 3.75. The molecule has 1 heterocycles. The van der Waals surface area contributed by atoms with Crippen molar-refractivity contribution >= 4 is 5.91 Å². The van der Waals surface area contributed by atoms with Crippen molar-refractivity contribution in [2.75, 3.05) is 19.6 Å². The minimum Gasteiger partial charge on any atom is -0.356 e. The van der Waals surface area contributed by atoms with Crippen LogP contribution in [0.4, 0.5) is 0 Å². The van der Waals surface area contributed by atoms with Gasteiger partial charge in [-0.05, 0) is 50.6 Å². The van der Waals surface area contributed by atoms with Crippen LogP contribution in [0.5, 0.6) is 0 Å². The molecule has 1 amide bonds. The van der Waals surface area contributed by atoms with Crippen LogP contribution in [0.25, 0.3) is 0 Å². The maximum atomic E-state index is 11.6. The lowest BCUT2D eigenvalue weighted by Crippen LogP contribution is -2.31. The van der Waals surface area contributed by atoms with Crippen LogP contribution in [0.2, 0.25) is 0 Å². The van der Waals surface area contributed by atoms with Gasteiger partial charge in [-0.1, -0.05) is 12.8 Å². The monoisotopic (exact) mass is 224 g/mol. The van der Waals surface area contributed by atoms with Crippen LogP contribution in [0.1, 0.15) is 44.9 Å². The van der Waals surface area contributed by atoms with Gasteiger partial charge in [0.1, 0.15) is 0 Å². The van der Waals surface area contributed by atoms with Crippen LogP contribution in [0.3, 0.4) is 0 Å². The number of hydrogen-bond donors (Lipinski definition) is 2. The predicted octanol–water partition coefficient (Wildman–Crippen LogP) is 1.68. The van der Waals surface area contributed by atoms with Crippen molar-refractivity contribution in [1.29, 1.82) is 0 Å². The average Bonchev–Trinajstić information content (AvgIpc) is 3.12. The van der Waals surface area contributed by atoms with Gasteiger partial charge in [0.25, 0.3) is 0 Å². The van der Waals surface area contributed by atoms with E-state index in [9.17, 15) is 4.79 Å². The summed E-state index contributed by atoms with van der Waals surface area (Å²) in [6.45, 7) is 3.16. The number of carbonyl (C=O) groups is 1. The SMILES string of the molecule is O=C(CCC1CCCNC1)NCCC1CC1. The zero-order chi connectivity index (χ0) is 11.2. The van der Waals surface area contributed by atoms with E-state index < -0.39 is 0 Å². The summed E-state index contributed by atoms with van der Waals surface area (Å²) in [4.78, 5) is 11.6. The first-order chi connectivity index (χ1) is 7.84. The summed E-state index contributed by atoms with van der Waals surface area (Å²) in [5.41, 5.74) is 0. The minimum absolute atomic E-state index is 0.256. The molecule has 0 bridgehead atoms. The first kappa shape index (κ1) is 11.9. The van der Waals surface area contributed by atoms with E-state index in [1.165, 1.54) is 32.1 Å². The van der Waals surface area contributed by atoms with Gasteiger partial charge in [-0.25, -0.2) is 0 Å². The van der Waals surface area contributed by atoms with Crippen molar-refractivity contribution < 1.29 is 4.79 Å². The van der Waals surface area contributed by atoms with E-state index in [1.54, 1.807) is 0 Å². The highest BCUT2D eigenvalue weighted by molar-refractivity contribution is 5.75. The summed E-state index contributed by atoms with van der Waals surface area (Å²) in [5, 5.41) is 6.43. The van der Waals surface area contributed by atoms with E-state index in [0.717, 1.165) is 44.3 Å². The summed E-state index contributed by atoms with van der Waals surface area (Å²) >= 11 is 0. The predicted molar refractivity (Wildman–Crippen MR) is 65.2 cm³/mol. The van der Waals surface area contributed by atoms with Gasteiger partial charge >= 0.3 is 0 Å². The molecule has 2 rings (SSSR count). The second-order valence-corrected chi connectivity index (χ2v) is 5.33. The Bertz CT molecular complexity index is 220. The normalized spacial score (nSPS) is 25.4. The Morgan fingerprint density at radius 3 is 2.75 bits per heavy atom. The molecule has 1 saturated heterocycles. The Morgan fingerprint density at radius 2 is 2.06 bits per heavy atom. The molecule has 16 heavy (non-hydrogen) atoms. The fourth-order valence-corrected chi connectivity index (χ4v) is 2.42. The molecule has 1 saturated carbocycles. The molecule has 0 radical (unpaired) electrons. The molecule has 92 valence electrons. The molecule has 0 aromatic carbocycles. The topological polar surface area (TPSA) is 41.1 Å².